The molecule has 1 amide bonds. The summed E-state index contributed by atoms with van der Waals surface area (Å²) >= 11 is 0. The zero-order valence-electron chi connectivity index (χ0n) is 20.0. The van der Waals surface area contributed by atoms with Crippen LogP contribution in [0.2, 0.25) is 0 Å². The maximum absolute atomic E-state index is 12.0. The summed E-state index contributed by atoms with van der Waals surface area (Å²) in [5.41, 5.74) is 3.11. The van der Waals surface area contributed by atoms with E-state index in [1.165, 1.54) is 103 Å². The lowest BCUT2D eigenvalue weighted by Gasteiger charge is -2.28. The van der Waals surface area contributed by atoms with Crippen LogP contribution in [-0.2, 0) is 4.79 Å². The standard InChI is InChI=1S/C25H52N2O/c1-5-7-8-9-10-11-12-13-14-15-16-17-18-19-20-21-22-23-25(28)26-27(3,4)24-6-2/h5-24H2,1-4H3/p+1. The van der Waals surface area contributed by atoms with Gasteiger partial charge in [-0.15, -0.1) is 0 Å². The molecule has 1 N–H and O–H groups in total. The second-order valence-corrected chi connectivity index (χ2v) is 9.35. The second-order valence-electron chi connectivity index (χ2n) is 9.35. The predicted molar refractivity (Wildman–Crippen MR) is 124 cm³/mol. The molecule has 28 heavy (non-hydrogen) atoms. The number of carbonyl (C=O) groups excluding carboxylic acids is 1. The molecule has 3 heteroatoms. The van der Waals surface area contributed by atoms with Crippen molar-refractivity contribution >= 4 is 5.91 Å². The first kappa shape index (κ1) is 27.4. The van der Waals surface area contributed by atoms with E-state index in [2.05, 4.69) is 33.4 Å². The molecule has 0 saturated carbocycles. The Morgan fingerprint density at radius 2 is 0.929 bits per heavy atom. The predicted octanol–water partition coefficient (Wildman–Crippen LogP) is 7.55. The zero-order valence-corrected chi connectivity index (χ0v) is 20.0. The van der Waals surface area contributed by atoms with Crippen LogP contribution in [0.3, 0.4) is 0 Å². The minimum atomic E-state index is 0.208. The van der Waals surface area contributed by atoms with Crippen LogP contribution in [-0.4, -0.2) is 31.1 Å². The lowest BCUT2D eigenvalue weighted by Crippen LogP contribution is -2.54. The number of rotatable bonds is 21. The van der Waals surface area contributed by atoms with Crippen molar-refractivity contribution in [1.29, 1.82) is 0 Å². The number of quaternary nitrogens is 1. The van der Waals surface area contributed by atoms with E-state index >= 15 is 0 Å². The van der Waals surface area contributed by atoms with Crippen molar-refractivity contribution in [3.63, 3.8) is 0 Å². The molecule has 0 bridgehead atoms. The van der Waals surface area contributed by atoms with Gasteiger partial charge in [-0.2, -0.15) is 0 Å². The molecule has 0 fully saturated rings. The van der Waals surface area contributed by atoms with Crippen molar-refractivity contribution < 1.29 is 9.39 Å². The number of carbonyl (C=O) groups is 1. The number of hydrogen-bond acceptors (Lipinski definition) is 1. The van der Waals surface area contributed by atoms with Gasteiger partial charge >= 0.3 is 0 Å². The fourth-order valence-corrected chi connectivity index (χ4v) is 4.02. The SMILES string of the molecule is CCCCCCCCCCCCCCCCCCCC(=O)N[N+](C)(C)CCC. The Kier molecular flexibility index (Phi) is 19.3. The molecule has 0 heterocycles. The van der Waals surface area contributed by atoms with Crippen LogP contribution in [0.4, 0.5) is 0 Å². The number of nitrogens with zero attached hydrogens (tertiary/aromatic N) is 1. The van der Waals surface area contributed by atoms with Gasteiger partial charge in [-0.25, -0.2) is 10.0 Å². The molecule has 0 aliphatic carbocycles. The van der Waals surface area contributed by atoms with Gasteiger partial charge in [-0.1, -0.05) is 117 Å². The Morgan fingerprint density at radius 3 is 1.29 bits per heavy atom. The van der Waals surface area contributed by atoms with Gasteiger partial charge in [-0.3, -0.25) is 4.79 Å². The van der Waals surface area contributed by atoms with Gasteiger partial charge in [0, 0.05) is 6.42 Å². The first-order valence-electron chi connectivity index (χ1n) is 12.7. The van der Waals surface area contributed by atoms with E-state index in [1.54, 1.807) is 0 Å². The third-order valence-corrected chi connectivity index (χ3v) is 5.72. The average molecular weight is 398 g/mol. The van der Waals surface area contributed by atoms with Gasteiger partial charge in [0.1, 0.15) is 6.54 Å². The topological polar surface area (TPSA) is 29.1 Å². The summed E-state index contributed by atoms with van der Waals surface area (Å²) in [7, 11) is 4.13. The molecule has 3 nitrogen and oxygen atoms in total. The Bertz CT molecular complexity index is 341. The second kappa shape index (κ2) is 19.7. The molecule has 0 aliphatic rings. The van der Waals surface area contributed by atoms with Crippen molar-refractivity contribution in [2.75, 3.05) is 20.6 Å². The van der Waals surface area contributed by atoms with Crippen LogP contribution in [0, 0.1) is 0 Å². The summed E-state index contributed by atoms with van der Waals surface area (Å²) in [6.45, 7) is 5.43. The van der Waals surface area contributed by atoms with Gasteiger partial charge in [0.25, 0.3) is 5.91 Å². The van der Waals surface area contributed by atoms with E-state index < -0.39 is 0 Å². The third kappa shape index (κ3) is 20.2. The molecular weight excluding hydrogens is 344 g/mol. The van der Waals surface area contributed by atoms with Crippen molar-refractivity contribution in [1.82, 2.24) is 5.43 Å². The van der Waals surface area contributed by atoms with Crippen LogP contribution >= 0.6 is 0 Å². The van der Waals surface area contributed by atoms with E-state index in [4.69, 9.17) is 0 Å². The van der Waals surface area contributed by atoms with Crippen LogP contribution in [0.5, 0.6) is 0 Å². The smallest absolute Gasteiger partial charge is 0.264 e. The zero-order chi connectivity index (χ0) is 20.9. The van der Waals surface area contributed by atoms with Crippen molar-refractivity contribution in [3.8, 4) is 0 Å². The molecule has 0 atom stereocenters. The van der Waals surface area contributed by atoms with Gasteiger partial charge in [0.2, 0.25) is 0 Å². The van der Waals surface area contributed by atoms with Crippen molar-refractivity contribution in [2.45, 2.75) is 136 Å². The summed E-state index contributed by atoms with van der Waals surface area (Å²) in [6, 6.07) is 0. The molecule has 0 radical (unpaired) electrons. The summed E-state index contributed by atoms with van der Waals surface area (Å²) < 4.78 is 0.605. The minimum Gasteiger partial charge on any atom is -0.270 e. The van der Waals surface area contributed by atoms with Gasteiger partial charge in [0.15, 0.2) is 0 Å². The fourth-order valence-electron chi connectivity index (χ4n) is 4.02. The van der Waals surface area contributed by atoms with Gasteiger partial charge in [0.05, 0.1) is 14.1 Å². The van der Waals surface area contributed by atoms with Crippen LogP contribution in [0.15, 0.2) is 0 Å². The molecule has 0 rings (SSSR count). The highest BCUT2D eigenvalue weighted by Gasteiger charge is 2.16. The molecule has 0 saturated heterocycles. The Labute approximate surface area is 177 Å². The average Bonchev–Trinajstić information content (AvgIpc) is 2.63. The summed E-state index contributed by atoms with van der Waals surface area (Å²) in [4.78, 5) is 12.0. The van der Waals surface area contributed by atoms with E-state index in [9.17, 15) is 4.79 Å². The number of unbranched alkanes of at least 4 members (excludes halogenated alkanes) is 16. The van der Waals surface area contributed by atoms with Gasteiger partial charge < -0.3 is 0 Å². The first-order valence-corrected chi connectivity index (χ1v) is 12.7. The quantitative estimate of drug-likeness (QED) is 0.121. The maximum Gasteiger partial charge on any atom is 0.264 e. The van der Waals surface area contributed by atoms with E-state index in [-0.39, 0.29) is 5.91 Å². The first-order chi connectivity index (χ1) is 13.5. The largest absolute Gasteiger partial charge is 0.270 e. The van der Waals surface area contributed by atoms with Crippen LogP contribution < -0.4 is 5.43 Å². The minimum absolute atomic E-state index is 0.208. The highest BCUT2D eigenvalue weighted by molar-refractivity contribution is 5.74. The van der Waals surface area contributed by atoms with Crippen LogP contribution in [0.1, 0.15) is 136 Å². The Morgan fingerprint density at radius 1 is 0.571 bits per heavy atom. The molecule has 0 aromatic rings. The number of amides is 1. The number of nitrogens with one attached hydrogen (secondary N) is 1. The lowest BCUT2D eigenvalue weighted by atomic mass is 10.0. The Hall–Kier alpha value is -0.570. The maximum atomic E-state index is 12.0. The monoisotopic (exact) mass is 397 g/mol. The highest BCUT2D eigenvalue weighted by atomic mass is 16.2. The molecular formula is C25H53N2O+. The lowest BCUT2D eigenvalue weighted by molar-refractivity contribution is -0.925. The van der Waals surface area contributed by atoms with E-state index in [1.807, 2.05) is 0 Å². The molecule has 0 unspecified atom stereocenters. The third-order valence-electron chi connectivity index (χ3n) is 5.72. The summed E-state index contributed by atoms with van der Waals surface area (Å²) in [5.74, 6) is 0.208. The van der Waals surface area contributed by atoms with E-state index in [0.29, 0.717) is 11.0 Å². The van der Waals surface area contributed by atoms with E-state index in [0.717, 1.165) is 19.4 Å². The molecule has 0 aliphatic heterocycles. The Balaban J connectivity index is 3.22. The van der Waals surface area contributed by atoms with Crippen molar-refractivity contribution in [2.24, 2.45) is 0 Å². The molecule has 168 valence electrons. The normalized spacial score (nSPS) is 11.7. The van der Waals surface area contributed by atoms with Crippen LogP contribution in [0.25, 0.3) is 0 Å². The number of hydrogen-bond donors (Lipinski definition) is 1. The van der Waals surface area contributed by atoms with Crippen molar-refractivity contribution in [3.05, 3.63) is 0 Å². The molecule has 0 aromatic heterocycles. The fraction of sp³-hybridized carbons (Fsp3) is 0.960. The summed E-state index contributed by atoms with van der Waals surface area (Å²) in [5, 5.41) is 0. The highest BCUT2D eigenvalue weighted by Crippen LogP contribution is 2.14. The van der Waals surface area contributed by atoms with Gasteiger partial charge in [-0.05, 0) is 12.8 Å². The molecule has 0 aromatic carbocycles. The molecule has 0 spiro atoms. The summed E-state index contributed by atoms with van der Waals surface area (Å²) in [6.07, 6.45) is 25.2.